The molecule has 0 spiro atoms. The molecular formula is C13H24N2O2. The molecule has 2 atom stereocenters. The molecule has 0 radical (unpaired) electrons. The summed E-state index contributed by atoms with van der Waals surface area (Å²) in [5.41, 5.74) is 0. The van der Waals surface area contributed by atoms with E-state index in [-0.39, 0.29) is 18.0 Å². The maximum atomic E-state index is 12.1. The first-order chi connectivity index (χ1) is 8.36. The summed E-state index contributed by atoms with van der Waals surface area (Å²) in [5, 5.41) is 6.47. The smallest absolute Gasteiger partial charge is 0.237 e. The average molecular weight is 240 g/mol. The van der Waals surface area contributed by atoms with Crippen LogP contribution in [0.5, 0.6) is 0 Å². The molecule has 0 bridgehead atoms. The number of nitrogens with one attached hydrogen (secondary N) is 2. The topological polar surface area (TPSA) is 50.4 Å². The monoisotopic (exact) mass is 240 g/mol. The second-order valence-corrected chi connectivity index (χ2v) is 5.13. The third-order valence-corrected chi connectivity index (χ3v) is 3.63. The first-order valence-electron chi connectivity index (χ1n) is 6.98. The minimum Gasteiger partial charge on any atom is -0.379 e. The van der Waals surface area contributed by atoms with Crippen molar-refractivity contribution in [2.45, 2.75) is 57.0 Å². The lowest BCUT2D eigenvalue weighted by Gasteiger charge is -2.27. The molecule has 98 valence electrons. The normalized spacial score (nSPS) is 31.3. The third-order valence-electron chi connectivity index (χ3n) is 3.63. The van der Waals surface area contributed by atoms with Gasteiger partial charge in [0.25, 0.3) is 0 Å². The summed E-state index contributed by atoms with van der Waals surface area (Å²) in [5.74, 6) is 0.169. The van der Waals surface area contributed by atoms with Gasteiger partial charge in [0.05, 0.1) is 18.7 Å². The predicted octanol–water partition coefficient (Wildman–Crippen LogP) is 1.20. The fraction of sp³-hybridized carbons (Fsp3) is 0.923. The van der Waals surface area contributed by atoms with Crippen LogP contribution in [-0.4, -0.2) is 37.7 Å². The first-order valence-corrected chi connectivity index (χ1v) is 6.98. The van der Waals surface area contributed by atoms with E-state index < -0.39 is 0 Å². The molecular weight excluding hydrogens is 216 g/mol. The van der Waals surface area contributed by atoms with Crippen molar-refractivity contribution in [3.05, 3.63) is 0 Å². The molecule has 2 aliphatic heterocycles. The molecule has 0 aromatic carbocycles. The molecule has 2 fully saturated rings. The molecule has 0 aromatic rings. The number of rotatable bonds is 2. The van der Waals surface area contributed by atoms with Crippen LogP contribution in [0, 0.1) is 0 Å². The molecule has 2 aliphatic rings. The van der Waals surface area contributed by atoms with Gasteiger partial charge >= 0.3 is 0 Å². The average Bonchev–Trinajstić information content (AvgIpc) is 2.29. The second-order valence-electron chi connectivity index (χ2n) is 5.13. The lowest BCUT2D eigenvalue weighted by Crippen LogP contribution is -2.50. The Balaban J connectivity index is 1.76. The molecule has 2 heterocycles. The highest BCUT2D eigenvalue weighted by molar-refractivity contribution is 5.82. The van der Waals surface area contributed by atoms with Crippen LogP contribution in [-0.2, 0) is 9.53 Å². The zero-order valence-corrected chi connectivity index (χ0v) is 10.5. The largest absolute Gasteiger partial charge is 0.379 e. The zero-order valence-electron chi connectivity index (χ0n) is 10.5. The Morgan fingerprint density at radius 1 is 1.12 bits per heavy atom. The van der Waals surface area contributed by atoms with Gasteiger partial charge in [-0.05, 0) is 32.2 Å². The van der Waals surface area contributed by atoms with E-state index in [1.54, 1.807) is 0 Å². The van der Waals surface area contributed by atoms with Crippen molar-refractivity contribution < 1.29 is 9.53 Å². The van der Waals surface area contributed by atoms with Crippen LogP contribution >= 0.6 is 0 Å². The SMILES string of the molecule is O=C(NC1CCCOC1)C1CCCCCCN1. The van der Waals surface area contributed by atoms with E-state index in [1.807, 2.05) is 0 Å². The van der Waals surface area contributed by atoms with E-state index in [0.717, 1.165) is 38.8 Å². The maximum absolute atomic E-state index is 12.1. The Bertz CT molecular complexity index is 232. The number of amides is 1. The highest BCUT2D eigenvalue weighted by Gasteiger charge is 2.22. The number of hydrogen-bond acceptors (Lipinski definition) is 3. The third kappa shape index (κ3) is 4.28. The minimum atomic E-state index is 0.0113. The van der Waals surface area contributed by atoms with Gasteiger partial charge in [0.2, 0.25) is 5.91 Å². The Morgan fingerprint density at radius 2 is 2.00 bits per heavy atom. The van der Waals surface area contributed by atoms with E-state index in [1.165, 1.54) is 19.3 Å². The molecule has 2 rings (SSSR count). The molecule has 0 aromatic heterocycles. The van der Waals surface area contributed by atoms with E-state index in [0.29, 0.717) is 6.61 Å². The molecule has 2 saturated heterocycles. The molecule has 1 amide bonds. The van der Waals surface area contributed by atoms with Gasteiger partial charge in [-0.3, -0.25) is 4.79 Å². The predicted molar refractivity (Wildman–Crippen MR) is 66.9 cm³/mol. The Morgan fingerprint density at radius 3 is 2.82 bits per heavy atom. The summed E-state index contributed by atoms with van der Waals surface area (Å²) in [6.45, 7) is 2.49. The van der Waals surface area contributed by atoms with Crippen molar-refractivity contribution in [3.8, 4) is 0 Å². The van der Waals surface area contributed by atoms with Gasteiger partial charge in [-0.1, -0.05) is 19.3 Å². The summed E-state index contributed by atoms with van der Waals surface area (Å²) < 4.78 is 5.38. The van der Waals surface area contributed by atoms with Crippen LogP contribution in [0.4, 0.5) is 0 Å². The number of carbonyl (C=O) groups excluding carboxylic acids is 1. The van der Waals surface area contributed by atoms with Crippen molar-refractivity contribution in [2.75, 3.05) is 19.8 Å². The fourth-order valence-corrected chi connectivity index (χ4v) is 2.59. The van der Waals surface area contributed by atoms with Gasteiger partial charge in [0.1, 0.15) is 0 Å². The number of carbonyl (C=O) groups is 1. The first kappa shape index (κ1) is 12.8. The molecule has 17 heavy (non-hydrogen) atoms. The number of ether oxygens (including phenoxy) is 1. The lowest BCUT2D eigenvalue weighted by molar-refractivity contribution is -0.125. The van der Waals surface area contributed by atoms with Crippen LogP contribution in [0.3, 0.4) is 0 Å². The van der Waals surface area contributed by atoms with E-state index in [9.17, 15) is 4.79 Å². The zero-order chi connectivity index (χ0) is 11.9. The highest BCUT2D eigenvalue weighted by atomic mass is 16.5. The van der Waals surface area contributed by atoms with Gasteiger partial charge in [0, 0.05) is 6.61 Å². The molecule has 4 heteroatoms. The van der Waals surface area contributed by atoms with Gasteiger partial charge in [-0.2, -0.15) is 0 Å². The standard InChI is InChI=1S/C13H24N2O2/c16-13(15-11-6-5-9-17-10-11)12-7-3-1-2-4-8-14-12/h11-12,14H,1-10H2,(H,15,16). The van der Waals surface area contributed by atoms with Crippen LogP contribution in [0.15, 0.2) is 0 Å². The summed E-state index contributed by atoms with van der Waals surface area (Å²) in [7, 11) is 0. The van der Waals surface area contributed by atoms with Crippen LogP contribution in [0.2, 0.25) is 0 Å². The van der Waals surface area contributed by atoms with Crippen molar-refractivity contribution in [2.24, 2.45) is 0 Å². The molecule has 0 aliphatic carbocycles. The van der Waals surface area contributed by atoms with Crippen molar-refractivity contribution in [3.63, 3.8) is 0 Å². The summed E-state index contributed by atoms with van der Waals surface area (Å²) in [6.07, 6.45) is 7.99. The van der Waals surface area contributed by atoms with E-state index in [2.05, 4.69) is 10.6 Å². The van der Waals surface area contributed by atoms with Gasteiger partial charge in [-0.25, -0.2) is 0 Å². The Kier molecular flexibility index (Phi) is 5.26. The van der Waals surface area contributed by atoms with Gasteiger partial charge in [-0.15, -0.1) is 0 Å². The highest BCUT2D eigenvalue weighted by Crippen LogP contribution is 2.11. The summed E-state index contributed by atoms with van der Waals surface area (Å²) in [6, 6.07) is 0.237. The lowest BCUT2D eigenvalue weighted by atomic mass is 10.0. The Labute approximate surface area is 103 Å². The molecule has 2 unspecified atom stereocenters. The maximum Gasteiger partial charge on any atom is 0.237 e. The van der Waals surface area contributed by atoms with Crippen LogP contribution < -0.4 is 10.6 Å². The molecule has 2 N–H and O–H groups in total. The fourth-order valence-electron chi connectivity index (χ4n) is 2.59. The van der Waals surface area contributed by atoms with Gasteiger partial charge in [0.15, 0.2) is 0 Å². The molecule has 4 nitrogen and oxygen atoms in total. The van der Waals surface area contributed by atoms with Crippen molar-refractivity contribution in [1.82, 2.24) is 10.6 Å². The van der Waals surface area contributed by atoms with E-state index >= 15 is 0 Å². The number of hydrogen-bond donors (Lipinski definition) is 2. The van der Waals surface area contributed by atoms with Crippen molar-refractivity contribution >= 4 is 5.91 Å². The van der Waals surface area contributed by atoms with Gasteiger partial charge < -0.3 is 15.4 Å². The quantitative estimate of drug-likeness (QED) is 0.762. The van der Waals surface area contributed by atoms with Crippen LogP contribution in [0.25, 0.3) is 0 Å². The summed E-state index contributed by atoms with van der Waals surface area (Å²) >= 11 is 0. The minimum absolute atomic E-state index is 0.0113. The molecule has 0 saturated carbocycles. The summed E-state index contributed by atoms with van der Waals surface area (Å²) in [4.78, 5) is 12.1. The Hall–Kier alpha value is -0.610. The van der Waals surface area contributed by atoms with Crippen molar-refractivity contribution in [1.29, 1.82) is 0 Å². The second kappa shape index (κ2) is 6.97. The van der Waals surface area contributed by atoms with E-state index in [4.69, 9.17) is 4.74 Å². The van der Waals surface area contributed by atoms with Crippen LogP contribution in [0.1, 0.15) is 44.9 Å².